The summed E-state index contributed by atoms with van der Waals surface area (Å²) in [6, 6.07) is 3.87. The van der Waals surface area contributed by atoms with Crippen molar-refractivity contribution in [3.05, 3.63) is 29.6 Å². The number of fused-ring (bicyclic) bond motifs is 1. The van der Waals surface area contributed by atoms with Crippen molar-refractivity contribution in [3.8, 4) is 0 Å². The van der Waals surface area contributed by atoms with Crippen molar-refractivity contribution < 1.29 is 4.79 Å². The van der Waals surface area contributed by atoms with Crippen LogP contribution in [0.4, 0.5) is 0 Å². The predicted molar refractivity (Wildman–Crippen MR) is 72.6 cm³/mol. The number of rotatable bonds is 2. The number of amides is 1. The third kappa shape index (κ3) is 1.84. The van der Waals surface area contributed by atoms with Crippen LogP contribution in [0.3, 0.4) is 0 Å². The van der Waals surface area contributed by atoms with Crippen molar-refractivity contribution in [2.75, 3.05) is 13.2 Å². The molecule has 5 heteroatoms. The second-order valence-electron chi connectivity index (χ2n) is 6.16. The highest BCUT2D eigenvalue weighted by molar-refractivity contribution is 5.96. The molecule has 102 valence electrons. The topological polar surface area (TPSA) is 57.3 Å². The first-order valence-corrected chi connectivity index (χ1v) is 6.66. The molecule has 0 radical (unpaired) electrons. The maximum Gasteiger partial charge on any atom is 0.273 e. The average Bonchev–Trinajstić information content (AvgIpc) is 2.79. The Kier molecular flexibility index (Phi) is 2.66. The molecule has 1 unspecified atom stereocenters. The lowest BCUT2D eigenvalue weighted by atomic mass is 9.82. The van der Waals surface area contributed by atoms with Gasteiger partial charge in [0.25, 0.3) is 5.91 Å². The van der Waals surface area contributed by atoms with Gasteiger partial charge in [-0.1, -0.05) is 6.07 Å². The molecule has 5 nitrogen and oxygen atoms in total. The summed E-state index contributed by atoms with van der Waals surface area (Å²) in [5.41, 5.74) is 1.45. The van der Waals surface area contributed by atoms with E-state index in [1.165, 1.54) is 0 Å². The van der Waals surface area contributed by atoms with E-state index >= 15 is 0 Å². The lowest BCUT2D eigenvalue weighted by molar-refractivity contribution is 0.0699. The Morgan fingerprint density at radius 1 is 1.37 bits per heavy atom. The van der Waals surface area contributed by atoms with Gasteiger partial charge in [-0.15, -0.1) is 0 Å². The van der Waals surface area contributed by atoms with Crippen LogP contribution in [0.5, 0.6) is 0 Å². The molecule has 1 aromatic rings. The monoisotopic (exact) mass is 260 g/mol. The van der Waals surface area contributed by atoms with Crippen LogP contribution in [0.2, 0.25) is 0 Å². The zero-order valence-corrected chi connectivity index (χ0v) is 11.7. The molecule has 2 aliphatic rings. The van der Waals surface area contributed by atoms with Gasteiger partial charge < -0.3 is 4.90 Å². The van der Waals surface area contributed by atoms with Gasteiger partial charge in [0.15, 0.2) is 0 Å². The van der Waals surface area contributed by atoms with Gasteiger partial charge in [-0.05, 0) is 26.8 Å². The Morgan fingerprint density at radius 3 is 2.79 bits per heavy atom. The Balaban J connectivity index is 1.82. The Hall–Kier alpha value is -1.46. The number of aromatic nitrogens is 1. The van der Waals surface area contributed by atoms with E-state index in [1.54, 1.807) is 6.20 Å². The number of carbonyl (C=O) groups is 1. The van der Waals surface area contributed by atoms with E-state index in [1.807, 2.05) is 17.0 Å². The van der Waals surface area contributed by atoms with Crippen LogP contribution in [0.15, 0.2) is 18.3 Å². The summed E-state index contributed by atoms with van der Waals surface area (Å²) in [6.07, 6.45) is 1.68. The quantitative estimate of drug-likeness (QED) is 0.823. The van der Waals surface area contributed by atoms with Gasteiger partial charge in [0.05, 0.1) is 5.54 Å². The molecular weight excluding hydrogens is 240 g/mol. The fourth-order valence-electron chi connectivity index (χ4n) is 2.83. The molecule has 19 heavy (non-hydrogen) atoms. The molecule has 1 amide bonds. The van der Waals surface area contributed by atoms with Gasteiger partial charge in [0.1, 0.15) is 5.69 Å². The van der Waals surface area contributed by atoms with E-state index in [4.69, 9.17) is 0 Å². The summed E-state index contributed by atoms with van der Waals surface area (Å²) in [7, 11) is 0. The Bertz CT molecular complexity index is 528. The fourth-order valence-corrected chi connectivity index (χ4v) is 2.83. The second kappa shape index (κ2) is 4.02. The van der Waals surface area contributed by atoms with E-state index in [0.717, 1.165) is 12.2 Å². The number of nitrogens with zero attached hydrogens (tertiary/aromatic N) is 2. The summed E-state index contributed by atoms with van der Waals surface area (Å²) in [5.74, 6) is 0.0429. The van der Waals surface area contributed by atoms with Crippen molar-refractivity contribution in [1.29, 1.82) is 0 Å². The van der Waals surface area contributed by atoms with Crippen molar-refractivity contribution >= 4 is 5.91 Å². The highest BCUT2D eigenvalue weighted by atomic mass is 16.2. The molecule has 0 saturated carbocycles. The van der Waals surface area contributed by atoms with Gasteiger partial charge in [-0.2, -0.15) is 0 Å². The molecular formula is C14H20N4O. The first kappa shape index (κ1) is 12.6. The Morgan fingerprint density at radius 2 is 2.16 bits per heavy atom. The zero-order valence-electron chi connectivity index (χ0n) is 11.7. The normalized spacial score (nSPS) is 28.8. The molecule has 2 aliphatic heterocycles. The molecule has 1 atom stereocenters. The smallest absolute Gasteiger partial charge is 0.273 e. The van der Waals surface area contributed by atoms with Crippen LogP contribution in [-0.2, 0) is 6.54 Å². The van der Waals surface area contributed by atoms with Gasteiger partial charge in [-0.3, -0.25) is 20.4 Å². The third-order valence-electron chi connectivity index (χ3n) is 4.64. The molecule has 1 fully saturated rings. The van der Waals surface area contributed by atoms with E-state index in [0.29, 0.717) is 18.8 Å². The summed E-state index contributed by atoms with van der Waals surface area (Å²) in [4.78, 5) is 18.4. The van der Waals surface area contributed by atoms with Gasteiger partial charge in [-0.25, -0.2) is 0 Å². The fraction of sp³-hybridized carbons (Fsp3) is 0.571. The molecule has 0 bridgehead atoms. The molecule has 2 N–H and O–H groups in total. The minimum Gasteiger partial charge on any atom is -0.331 e. The van der Waals surface area contributed by atoms with Crippen LogP contribution < -0.4 is 10.6 Å². The maximum atomic E-state index is 12.4. The number of carbonyl (C=O) groups excluding carboxylic acids is 1. The SMILES string of the molecule is CC1(C)NCNC1(C)CN1Cc2cccnc2C1=O. The van der Waals surface area contributed by atoms with Crippen LogP contribution in [0.25, 0.3) is 0 Å². The van der Waals surface area contributed by atoms with E-state index in [2.05, 4.69) is 36.4 Å². The predicted octanol–water partition coefficient (Wildman–Crippen LogP) is 0.725. The molecule has 1 saturated heterocycles. The summed E-state index contributed by atoms with van der Waals surface area (Å²) in [6.45, 7) is 8.61. The van der Waals surface area contributed by atoms with Crippen molar-refractivity contribution in [1.82, 2.24) is 20.5 Å². The van der Waals surface area contributed by atoms with Crippen LogP contribution in [0, 0.1) is 0 Å². The van der Waals surface area contributed by atoms with Crippen molar-refractivity contribution in [3.63, 3.8) is 0 Å². The Labute approximate surface area is 113 Å². The lowest BCUT2D eigenvalue weighted by Crippen LogP contribution is -2.60. The van der Waals surface area contributed by atoms with Gasteiger partial charge >= 0.3 is 0 Å². The highest BCUT2D eigenvalue weighted by Gasteiger charge is 2.47. The average molecular weight is 260 g/mol. The summed E-state index contributed by atoms with van der Waals surface area (Å²) < 4.78 is 0. The van der Waals surface area contributed by atoms with Gasteiger partial charge in [0.2, 0.25) is 0 Å². The second-order valence-corrected chi connectivity index (χ2v) is 6.16. The summed E-state index contributed by atoms with van der Waals surface area (Å²) in [5, 5.41) is 6.90. The van der Waals surface area contributed by atoms with E-state index in [9.17, 15) is 4.79 Å². The molecule has 0 aromatic carbocycles. The van der Waals surface area contributed by atoms with Crippen molar-refractivity contribution in [2.45, 2.75) is 38.4 Å². The molecule has 3 rings (SSSR count). The number of hydrogen-bond acceptors (Lipinski definition) is 4. The molecule has 1 aromatic heterocycles. The van der Waals surface area contributed by atoms with E-state index < -0.39 is 0 Å². The van der Waals surface area contributed by atoms with Crippen molar-refractivity contribution in [2.24, 2.45) is 0 Å². The molecule has 3 heterocycles. The number of pyridine rings is 1. The minimum atomic E-state index is -0.134. The third-order valence-corrected chi connectivity index (χ3v) is 4.64. The summed E-state index contributed by atoms with van der Waals surface area (Å²) >= 11 is 0. The van der Waals surface area contributed by atoms with Crippen LogP contribution >= 0.6 is 0 Å². The lowest BCUT2D eigenvalue weighted by Gasteiger charge is -2.40. The largest absolute Gasteiger partial charge is 0.331 e. The molecule has 0 spiro atoms. The maximum absolute atomic E-state index is 12.4. The first-order chi connectivity index (χ1) is 8.93. The van der Waals surface area contributed by atoms with Gasteiger partial charge in [0, 0.05) is 37.1 Å². The standard InChI is InChI=1S/C14H20N4O/c1-13(2)14(3,17-9-16-13)8-18-7-10-5-4-6-15-11(10)12(18)19/h4-6,16-17H,7-9H2,1-3H3. The van der Waals surface area contributed by atoms with Crippen LogP contribution in [-0.4, -0.2) is 40.1 Å². The van der Waals surface area contributed by atoms with Crippen LogP contribution in [0.1, 0.15) is 36.8 Å². The highest BCUT2D eigenvalue weighted by Crippen LogP contribution is 2.29. The molecule has 0 aliphatic carbocycles. The zero-order chi connectivity index (χ0) is 13.7. The number of hydrogen-bond donors (Lipinski definition) is 2. The van der Waals surface area contributed by atoms with E-state index in [-0.39, 0.29) is 17.0 Å². The number of nitrogens with one attached hydrogen (secondary N) is 2. The first-order valence-electron chi connectivity index (χ1n) is 6.66. The minimum absolute atomic E-state index is 0.0429.